The van der Waals surface area contributed by atoms with Crippen LogP contribution in [0.1, 0.15) is 153 Å². The molecule has 0 aromatic heterocycles. The highest BCUT2D eigenvalue weighted by atomic mass is 16.6. The SMILES string of the molecule is CC(C)[C@H](NC(=O)[C@H](CCC(=O)OC(C)(C)C)NC(=O)[C@H](CC(=O)OC(C)(C)C)NC(=O)C1OC(CNC(=O)OCC2c3ccccc3-c3ccccc32)C(O)C(O)C1O)C(=O)N[C@@H](CC(=O)OC(C)(C)C)C(=O)N[C@@H](C)C(=O)NCCOCCOCCOCCOCCC(=O)OC(C)(C)C. The standard InChI is InChI=1S/C70H107N7O24/c1-40(2)55(64(89)75-48(36-53(80)100-69(10,11)12)62(87)73-41(3)60(85)71-27-29-93-31-33-95-35-34-94-32-30-92-28-26-52(79)99-68(7,8)9)77-61(86)47(24-25-51(78)98-67(4,5)6)74-63(88)49(37-54(81)101-70(13,14)15)76-65(90)59-58(84)57(83)56(82)50(97-59)38-72-66(91)96-39-46-44-22-18-16-20-42(44)43-21-17-19-23-45(43)46/h16-23,40-41,46-50,55-59,82-84H,24-39H2,1-15H3,(H,71,85)(H,72,91)(H,73,87)(H,74,88)(H,75,89)(H,76,90)(H,77,86)/t41-,47-,48-,49-,50?,55-,56?,57?,58?,59?/m0/s1. The van der Waals surface area contributed by atoms with Crippen LogP contribution in [-0.4, -0.2) is 236 Å². The van der Waals surface area contributed by atoms with Crippen LogP contribution in [0.5, 0.6) is 0 Å². The summed E-state index contributed by atoms with van der Waals surface area (Å²) in [6.45, 7) is 25.0. The number of amides is 7. The first-order valence-electron chi connectivity index (χ1n) is 33.9. The quantitative estimate of drug-likeness (QED) is 0.0261. The lowest BCUT2D eigenvalue weighted by atomic mass is 9.94. The molecule has 7 amide bonds. The van der Waals surface area contributed by atoms with Gasteiger partial charge in [0.2, 0.25) is 29.5 Å². The van der Waals surface area contributed by atoms with Gasteiger partial charge in [-0.25, -0.2) is 4.79 Å². The van der Waals surface area contributed by atoms with Gasteiger partial charge in [-0.15, -0.1) is 0 Å². The molecular formula is C70H107N7O24. The van der Waals surface area contributed by atoms with Gasteiger partial charge in [0.05, 0.1) is 72.1 Å². The Morgan fingerprint density at radius 1 is 0.465 bits per heavy atom. The van der Waals surface area contributed by atoms with Crippen molar-refractivity contribution >= 4 is 65.4 Å². The van der Waals surface area contributed by atoms with Gasteiger partial charge in [-0.3, -0.25) is 47.9 Å². The van der Waals surface area contributed by atoms with E-state index < -0.39 is 181 Å². The van der Waals surface area contributed by atoms with Gasteiger partial charge < -0.3 is 99.9 Å². The van der Waals surface area contributed by atoms with E-state index in [2.05, 4.69) is 37.2 Å². The van der Waals surface area contributed by atoms with Crippen LogP contribution in [0.3, 0.4) is 0 Å². The van der Waals surface area contributed by atoms with E-state index in [1.165, 1.54) is 41.5 Å². The molecule has 31 nitrogen and oxygen atoms in total. The Labute approximate surface area is 590 Å². The lowest BCUT2D eigenvalue weighted by Gasteiger charge is -2.40. The van der Waals surface area contributed by atoms with Crippen LogP contribution >= 0.6 is 0 Å². The number of ether oxygens (including phenoxy) is 10. The van der Waals surface area contributed by atoms with Crippen LogP contribution in [0.2, 0.25) is 0 Å². The molecule has 10 N–H and O–H groups in total. The minimum Gasteiger partial charge on any atom is -0.460 e. The Morgan fingerprint density at radius 3 is 1.41 bits per heavy atom. The molecule has 0 spiro atoms. The van der Waals surface area contributed by atoms with Crippen molar-refractivity contribution in [3.05, 3.63) is 59.7 Å². The molecule has 0 saturated carbocycles. The number of aliphatic hydroxyl groups excluding tert-OH is 3. The van der Waals surface area contributed by atoms with Crippen molar-refractivity contribution < 1.29 is 115 Å². The number of esters is 4. The average molecular weight is 1430 g/mol. The number of rotatable bonds is 38. The molecule has 566 valence electrons. The molecule has 1 aliphatic carbocycles. The molecule has 101 heavy (non-hydrogen) atoms. The van der Waals surface area contributed by atoms with E-state index in [4.69, 9.17) is 47.4 Å². The topological polar surface area (TPSA) is 425 Å². The number of fused-ring (bicyclic) bond motifs is 3. The van der Waals surface area contributed by atoms with Crippen molar-refractivity contribution in [2.45, 2.75) is 225 Å². The van der Waals surface area contributed by atoms with E-state index in [1.54, 1.807) is 62.3 Å². The molecule has 5 unspecified atom stereocenters. The predicted molar refractivity (Wildman–Crippen MR) is 363 cm³/mol. The molecular weight excluding hydrogens is 1320 g/mol. The second-order valence-corrected chi connectivity index (χ2v) is 28.7. The second kappa shape index (κ2) is 40.1. The van der Waals surface area contributed by atoms with Gasteiger partial charge in [0.25, 0.3) is 5.91 Å². The summed E-state index contributed by atoms with van der Waals surface area (Å²) in [7, 11) is 0. The maximum Gasteiger partial charge on any atom is 0.407 e. The summed E-state index contributed by atoms with van der Waals surface area (Å²) >= 11 is 0. The number of carbonyl (C=O) groups excluding carboxylic acids is 11. The van der Waals surface area contributed by atoms with Gasteiger partial charge in [-0.1, -0.05) is 62.4 Å². The Bertz CT molecular complexity index is 3050. The van der Waals surface area contributed by atoms with Crippen molar-refractivity contribution in [3.63, 3.8) is 0 Å². The second-order valence-electron chi connectivity index (χ2n) is 28.7. The lowest BCUT2D eigenvalue weighted by Crippen LogP contribution is -2.65. The summed E-state index contributed by atoms with van der Waals surface area (Å²) < 4.78 is 54.9. The Balaban J connectivity index is 1.43. The Hall–Kier alpha value is -7.91. The minimum absolute atomic E-state index is 0.0214. The summed E-state index contributed by atoms with van der Waals surface area (Å²) in [5, 5.41) is 50.5. The molecule has 4 rings (SSSR count). The van der Waals surface area contributed by atoms with Gasteiger partial charge in [-0.05, 0) is 125 Å². The van der Waals surface area contributed by atoms with Crippen molar-refractivity contribution in [1.29, 1.82) is 0 Å². The molecule has 1 heterocycles. The number of benzene rings is 2. The smallest absolute Gasteiger partial charge is 0.407 e. The molecule has 0 radical (unpaired) electrons. The summed E-state index contributed by atoms with van der Waals surface area (Å²) in [6, 6.07) is 7.04. The van der Waals surface area contributed by atoms with Crippen molar-refractivity contribution in [2.24, 2.45) is 5.92 Å². The van der Waals surface area contributed by atoms with E-state index in [1.807, 2.05) is 48.5 Å². The van der Waals surface area contributed by atoms with Crippen LogP contribution in [0.25, 0.3) is 11.1 Å². The Morgan fingerprint density at radius 2 is 0.901 bits per heavy atom. The third-order valence-electron chi connectivity index (χ3n) is 14.8. The van der Waals surface area contributed by atoms with Crippen LogP contribution < -0.4 is 37.2 Å². The van der Waals surface area contributed by atoms with E-state index in [0.29, 0.717) is 6.61 Å². The fraction of sp³-hybridized carbons (Fsp3) is 0.671. The maximum atomic E-state index is 14.6. The van der Waals surface area contributed by atoms with E-state index >= 15 is 0 Å². The third kappa shape index (κ3) is 31.1. The third-order valence-corrected chi connectivity index (χ3v) is 14.8. The summed E-state index contributed by atoms with van der Waals surface area (Å²) in [6.07, 6.45) is -13.4. The highest BCUT2D eigenvalue weighted by Gasteiger charge is 2.48. The average Bonchev–Trinajstić information content (AvgIpc) is 1.65. The van der Waals surface area contributed by atoms with Crippen LogP contribution in [-0.2, 0) is 95.3 Å². The molecule has 2 aromatic rings. The van der Waals surface area contributed by atoms with Gasteiger partial charge in [0.15, 0.2) is 6.10 Å². The number of aliphatic hydroxyl groups is 3. The normalized spacial score (nSPS) is 18.3. The van der Waals surface area contributed by atoms with E-state index in [9.17, 15) is 68.1 Å². The summed E-state index contributed by atoms with van der Waals surface area (Å²) in [5.74, 6) is -10.6. The summed E-state index contributed by atoms with van der Waals surface area (Å²) in [4.78, 5) is 150. The minimum atomic E-state index is -2.16. The van der Waals surface area contributed by atoms with Crippen molar-refractivity contribution in [2.75, 3.05) is 72.6 Å². The summed E-state index contributed by atoms with van der Waals surface area (Å²) in [5.41, 5.74) is 0.0944. The first-order valence-corrected chi connectivity index (χ1v) is 33.9. The largest absolute Gasteiger partial charge is 0.460 e. The van der Waals surface area contributed by atoms with Crippen LogP contribution in [0, 0.1) is 5.92 Å². The maximum absolute atomic E-state index is 14.6. The first kappa shape index (κ1) is 85.5. The number of hydrogen-bond acceptors (Lipinski definition) is 24. The van der Waals surface area contributed by atoms with Gasteiger partial charge in [-0.2, -0.15) is 0 Å². The predicted octanol–water partition coefficient (Wildman–Crippen LogP) is 1.98. The Kier molecular flexibility index (Phi) is 33.9. The van der Waals surface area contributed by atoms with Gasteiger partial charge in [0, 0.05) is 25.4 Å². The zero-order chi connectivity index (χ0) is 75.6. The fourth-order valence-electron chi connectivity index (χ4n) is 10.3. The molecule has 31 heteroatoms. The number of nitrogens with one attached hydrogen (secondary N) is 7. The fourth-order valence-corrected chi connectivity index (χ4v) is 10.3. The van der Waals surface area contributed by atoms with Crippen LogP contribution in [0.4, 0.5) is 4.79 Å². The molecule has 1 fully saturated rings. The zero-order valence-corrected chi connectivity index (χ0v) is 60.8. The first-order chi connectivity index (χ1) is 47.1. The number of carbonyl (C=O) groups is 11. The van der Waals surface area contributed by atoms with E-state index in [0.717, 1.165) is 22.3 Å². The van der Waals surface area contributed by atoms with Gasteiger partial charge >= 0.3 is 30.0 Å². The number of hydrogen-bond donors (Lipinski definition) is 10. The molecule has 1 saturated heterocycles. The van der Waals surface area contributed by atoms with Crippen LogP contribution in [0.15, 0.2) is 48.5 Å². The molecule has 1 aliphatic heterocycles. The van der Waals surface area contributed by atoms with Crippen molar-refractivity contribution in [3.8, 4) is 11.1 Å². The van der Waals surface area contributed by atoms with Gasteiger partial charge in [0.1, 0.15) is 83.6 Å². The zero-order valence-electron chi connectivity index (χ0n) is 60.8. The molecule has 2 aromatic carbocycles. The lowest BCUT2D eigenvalue weighted by molar-refractivity contribution is -0.219. The van der Waals surface area contributed by atoms with Crippen molar-refractivity contribution in [1.82, 2.24) is 37.2 Å². The molecule has 0 bridgehead atoms. The van der Waals surface area contributed by atoms with E-state index in [-0.39, 0.29) is 77.7 Å². The molecule has 2 aliphatic rings. The number of alkyl carbamates (subject to hydrolysis) is 1. The highest BCUT2D eigenvalue weighted by Crippen LogP contribution is 2.44. The molecule has 10 atom stereocenters. The highest BCUT2D eigenvalue weighted by molar-refractivity contribution is 5.98. The monoisotopic (exact) mass is 1430 g/mol.